The summed E-state index contributed by atoms with van der Waals surface area (Å²) in [6.45, 7) is 3.01. The lowest BCUT2D eigenvalue weighted by atomic mass is 9.86. The number of aliphatic hydroxyl groups is 1. The molecule has 2 aromatic rings. The molecule has 148 valence electrons. The van der Waals surface area contributed by atoms with Gasteiger partial charge in [-0.2, -0.15) is 0 Å². The molecule has 1 aliphatic carbocycles. The summed E-state index contributed by atoms with van der Waals surface area (Å²) in [4.78, 5) is 27.3. The average Bonchev–Trinajstić information content (AvgIpc) is 3.56. The number of ether oxygens (including phenoxy) is 1. The van der Waals surface area contributed by atoms with Crippen molar-refractivity contribution in [2.45, 2.75) is 31.8 Å². The molecule has 3 rings (SSSR count). The van der Waals surface area contributed by atoms with Gasteiger partial charge in [-0.25, -0.2) is 4.79 Å². The van der Waals surface area contributed by atoms with Crippen molar-refractivity contribution in [1.82, 2.24) is 4.90 Å². The quantitative estimate of drug-likeness (QED) is 0.678. The molecule has 0 atom stereocenters. The number of hydrogen-bond donors (Lipinski definition) is 1. The summed E-state index contributed by atoms with van der Waals surface area (Å²) in [5, 5.41) is 11.3. The van der Waals surface area contributed by atoms with Gasteiger partial charge in [-0.15, -0.1) is 0 Å². The van der Waals surface area contributed by atoms with Gasteiger partial charge in [-0.1, -0.05) is 67.6 Å². The van der Waals surface area contributed by atoms with Crippen molar-refractivity contribution in [3.05, 3.63) is 71.8 Å². The van der Waals surface area contributed by atoms with Crippen molar-refractivity contribution in [1.29, 1.82) is 0 Å². The number of nitrogens with zero attached hydrogens (tertiary/aromatic N) is 1. The van der Waals surface area contributed by atoms with Crippen LogP contribution in [-0.4, -0.2) is 41.6 Å². The lowest BCUT2D eigenvalue weighted by Gasteiger charge is -2.28. The number of hydrogen-bond acceptors (Lipinski definition) is 4. The first-order valence-corrected chi connectivity index (χ1v) is 9.84. The minimum Gasteiger partial charge on any atom is -0.453 e. The van der Waals surface area contributed by atoms with Gasteiger partial charge in [0.05, 0.1) is 0 Å². The van der Waals surface area contributed by atoms with Crippen molar-refractivity contribution in [3.8, 4) is 0 Å². The molecule has 0 spiro atoms. The van der Waals surface area contributed by atoms with Crippen LogP contribution in [0.25, 0.3) is 0 Å². The maximum Gasteiger partial charge on any atom is 0.348 e. The SMILES string of the molecule is CCCN(CC1CC1)C(=O)COC(=O)C(O)(c1ccccc1)c1ccccc1. The zero-order valence-electron chi connectivity index (χ0n) is 16.2. The minimum absolute atomic E-state index is 0.217. The van der Waals surface area contributed by atoms with Gasteiger partial charge in [-0.3, -0.25) is 4.79 Å². The molecule has 1 N–H and O–H groups in total. The summed E-state index contributed by atoms with van der Waals surface area (Å²) >= 11 is 0. The fourth-order valence-corrected chi connectivity index (χ4v) is 3.28. The van der Waals surface area contributed by atoms with E-state index in [1.807, 2.05) is 19.1 Å². The van der Waals surface area contributed by atoms with E-state index in [9.17, 15) is 14.7 Å². The summed E-state index contributed by atoms with van der Waals surface area (Å²) in [5.41, 5.74) is -1.15. The van der Waals surface area contributed by atoms with E-state index in [-0.39, 0.29) is 12.5 Å². The molecule has 0 aliphatic heterocycles. The highest BCUT2D eigenvalue weighted by Gasteiger charge is 2.42. The third-order valence-electron chi connectivity index (χ3n) is 5.03. The van der Waals surface area contributed by atoms with E-state index in [2.05, 4.69) is 0 Å². The van der Waals surface area contributed by atoms with Crippen LogP contribution in [0.15, 0.2) is 60.7 Å². The Bertz CT molecular complexity index is 747. The summed E-state index contributed by atoms with van der Waals surface area (Å²) in [5.74, 6) is -0.497. The summed E-state index contributed by atoms with van der Waals surface area (Å²) in [6.07, 6.45) is 3.15. The largest absolute Gasteiger partial charge is 0.453 e. The molecule has 1 fully saturated rings. The molecule has 1 amide bonds. The molecule has 0 heterocycles. The molecule has 0 unspecified atom stereocenters. The molecule has 0 bridgehead atoms. The highest BCUT2D eigenvalue weighted by Crippen LogP contribution is 2.31. The molecule has 0 aromatic heterocycles. The molecule has 2 aromatic carbocycles. The molecule has 0 saturated heterocycles. The molecule has 1 saturated carbocycles. The predicted octanol–water partition coefficient (Wildman–Crippen LogP) is 3.11. The second-order valence-electron chi connectivity index (χ2n) is 7.30. The Kier molecular flexibility index (Phi) is 6.47. The molecule has 1 aliphatic rings. The van der Waals surface area contributed by atoms with Crippen LogP contribution in [0.5, 0.6) is 0 Å². The van der Waals surface area contributed by atoms with Crippen molar-refractivity contribution in [3.63, 3.8) is 0 Å². The van der Waals surface area contributed by atoms with Crippen LogP contribution in [0, 0.1) is 5.92 Å². The van der Waals surface area contributed by atoms with Crippen molar-refractivity contribution >= 4 is 11.9 Å². The van der Waals surface area contributed by atoms with E-state index in [0.717, 1.165) is 19.3 Å². The predicted molar refractivity (Wildman–Crippen MR) is 106 cm³/mol. The Morgan fingerprint density at radius 3 is 2.04 bits per heavy atom. The van der Waals surface area contributed by atoms with Crippen LogP contribution in [0.4, 0.5) is 0 Å². The molecule has 5 nitrogen and oxygen atoms in total. The van der Waals surface area contributed by atoms with E-state index in [0.29, 0.717) is 30.1 Å². The first-order valence-electron chi connectivity index (χ1n) is 9.84. The maximum absolute atomic E-state index is 12.9. The molecule has 28 heavy (non-hydrogen) atoms. The fraction of sp³-hybridized carbons (Fsp3) is 0.391. The van der Waals surface area contributed by atoms with Gasteiger partial charge in [0.2, 0.25) is 5.60 Å². The van der Waals surface area contributed by atoms with Crippen LogP contribution in [0.2, 0.25) is 0 Å². The highest BCUT2D eigenvalue weighted by molar-refractivity contribution is 5.88. The molecular weight excluding hydrogens is 354 g/mol. The number of carbonyl (C=O) groups is 2. The zero-order valence-corrected chi connectivity index (χ0v) is 16.2. The molecule has 5 heteroatoms. The zero-order chi connectivity index (χ0) is 20.0. The first-order chi connectivity index (χ1) is 13.6. The Balaban J connectivity index is 1.75. The van der Waals surface area contributed by atoms with Crippen LogP contribution >= 0.6 is 0 Å². The lowest BCUT2D eigenvalue weighted by Crippen LogP contribution is -2.42. The Hall–Kier alpha value is -2.66. The normalized spacial score (nSPS) is 13.8. The number of amides is 1. The number of esters is 1. The number of rotatable bonds is 9. The third-order valence-corrected chi connectivity index (χ3v) is 5.03. The van der Waals surface area contributed by atoms with Gasteiger partial charge < -0.3 is 14.7 Å². The standard InChI is InChI=1S/C23H27NO4/c1-2-15-24(16-18-13-14-18)21(25)17-28-22(26)23(27,19-9-5-3-6-10-19)20-11-7-4-8-12-20/h3-12,18,27H,2,13-17H2,1H3. The van der Waals surface area contributed by atoms with Crippen molar-refractivity contribution in [2.75, 3.05) is 19.7 Å². The van der Waals surface area contributed by atoms with Crippen LogP contribution < -0.4 is 0 Å². The van der Waals surface area contributed by atoms with E-state index in [4.69, 9.17) is 4.74 Å². The fourth-order valence-electron chi connectivity index (χ4n) is 3.28. The van der Waals surface area contributed by atoms with E-state index in [1.54, 1.807) is 53.4 Å². The van der Waals surface area contributed by atoms with Gasteiger partial charge in [0.25, 0.3) is 5.91 Å². The van der Waals surface area contributed by atoms with E-state index < -0.39 is 11.6 Å². The first kappa shape index (κ1) is 20.1. The highest BCUT2D eigenvalue weighted by atomic mass is 16.6. The summed E-state index contributed by atoms with van der Waals surface area (Å²) in [7, 11) is 0. The van der Waals surface area contributed by atoms with Crippen molar-refractivity contribution < 1.29 is 19.4 Å². The van der Waals surface area contributed by atoms with Crippen LogP contribution in [-0.2, 0) is 19.9 Å². The van der Waals surface area contributed by atoms with Gasteiger partial charge >= 0.3 is 5.97 Å². The molecule has 0 radical (unpaired) electrons. The third kappa shape index (κ3) is 4.60. The Morgan fingerprint density at radius 2 is 1.57 bits per heavy atom. The van der Waals surface area contributed by atoms with Crippen molar-refractivity contribution in [2.24, 2.45) is 5.92 Å². The second-order valence-corrected chi connectivity index (χ2v) is 7.30. The Labute approximate surface area is 165 Å². The van der Waals surface area contributed by atoms with E-state index >= 15 is 0 Å². The van der Waals surface area contributed by atoms with E-state index in [1.165, 1.54) is 0 Å². The minimum atomic E-state index is -1.96. The monoisotopic (exact) mass is 381 g/mol. The smallest absolute Gasteiger partial charge is 0.348 e. The summed E-state index contributed by atoms with van der Waals surface area (Å²) < 4.78 is 5.33. The van der Waals surface area contributed by atoms with Crippen LogP contribution in [0.1, 0.15) is 37.3 Å². The number of benzene rings is 2. The van der Waals surface area contributed by atoms with Crippen LogP contribution in [0.3, 0.4) is 0 Å². The average molecular weight is 381 g/mol. The van der Waals surface area contributed by atoms with Gasteiger partial charge in [0, 0.05) is 13.1 Å². The second kappa shape index (κ2) is 9.02. The van der Waals surface area contributed by atoms with Gasteiger partial charge in [0.15, 0.2) is 6.61 Å². The van der Waals surface area contributed by atoms with Gasteiger partial charge in [-0.05, 0) is 36.3 Å². The summed E-state index contributed by atoms with van der Waals surface area (Å²) in [6, 6.07) is 17.3. The number of carbonyl (C=O) groups excluding carboxylic acids is 2. The topological polar surface area (TPSA) is 66.8 Å². The maximum atomic E-state index is 12.9. The lowest BCUT2D eigenvalue weighted by molar-refractivity contribution is -0.166. The Morgan fingerprint density at radius 1 is 1.04 bits per heavy atom. The molecular formula is C23H27NO4. The van der Waals surface area contributed by atoms with Gasteiger partial charge in [0.1, 0.15) is 0 Å².